The summed E-state index contributed by atoms with van der Waals surface area (Å²) in [4.78, 5) is 11.5. The molecule has 1 rings (SSSR count). The Kier molecular flexibility index (Phi) is 4.78. The summed E-state index contributed by atoms with van der Waals surface area (Å²) >= 11 is 0. The highest BCUT2D eigenvalue weighted by Gasteiger charge is 2.50. The van der Waals surface area contributed by atoms with Crippen LogP contribution in [0.2, 0.25) is 0 Å². The van der Waals surface area contributed by atoms with E-state index >= 15 is 0 Å². The molecule has 0 aromatic heterocycles. The molecule has 1 aliphatic heterocycles. The third kappa shape index (κ3) is 3.69. The first-order chi connectivity index (χ1) is 8.19. The van der Waals surface area contributed by atoms with Crippen LogP contribution >= 0.6 is 0 Å². The smallest absolute Gasteiger partial charge is 0.306 e. The van der Waals surface area contributed by atoms with E-state index in [1.165, 1.54) is 0 Å². The Balaban J connectivity index is 2.76. The van der Waals surface area contributed by atoms with Gasteiger partial charge in [0.15, 0.2) is 0 Å². The average Bonchev–Trinajstić information content (AvgIpc) is 2.41. The number of nitrogens with two attached hydrogens (primary N) is 1. The first kappa shape index (κ1) is 15.4. The van der Waals surface area contributed by atoms with Crippen molar-refractivity contribution >= 4 is 5.97 Å². The van der Waals surface area contributed by atoms with Gasteiger partial charge < -0.3 is 15.6 Å². The van der Waals surface area contributed by atoms with Crippen LogP contribution in [0, 0.1) is 11.8 Å². The Labute approximate surface area is 110 Å². The maximum atomic E-state index is 11.5. The summed E-state index contributed by atoms with van der Waals surface area (Å²) in [5, 5.41) is 9.45. The van der Waals surface area contributed by atoms with Crippen molar-refractivity contribution < 1.29 is 14.6 Å². The molecule has 0 spiro atoms. The summed E-state index contributed by atoms with van der Waals surface area (Å²) in [6, 6.07) is 0. The minimum Gasteiger partial charge on any atom is -0.481 e. The minimum atomic E-state index is -0.702. The van der Waals surface area contributed by atoms with Crippen LogP contribution in [0.25, 0.3) is 0 Å². The van der Waals surface area contributed by atoms with E-state index in [0.717, 1.165) is 19.3 Å². The van der Waals surface area contributed by atoms with Crippen molar-refractivity contribution in [2.75, 3.05) is 6.54 Å². The van der Waals surface area contributed by atoms with E-state index < -0.39 is 5.97 Å². The van der Waals surface area contributed by atoms with Crippen molar-refractivity contribution in [3.63, 3.8) is 0 Å². The highest BCUT2D eigenvalue weighted by atomic mass is 16.5. The van der Waals surface area contributed by atoms with Crippen LogP contribution in [-0.4, -0.2) is 28.8 Å². The normalized spacial score (nSPS) is 27.1. The molecule has 0 saturated carbocycles. The van der Waals surface area contributed by atoms with Gasteiger partial charge >= 0.3 is 5.97 Å². The highest BCUT2D eigenvalue weighted by Crippen LogP contribution is 2.46. The maximum absolute atomic E-state index is 11.5. The van der Waals surface area contributed by atoms with Gasteiger partial charge in [-0.05, 0) is 53.5 Å². The summed E-state index contributed by atoms with van der Waals surface area (Å²) in [7, 11) is 0. The van der Waals surface area contributed by atoms with Crippen LogP contribution in [0.1, 0.15) is 53.4 Å². The molecule has 1 heterocycles. The van der Waals surface area contributed by atoms with Crippen molar-refractivity contribution in [2.24, 2.45) is 17.6 Å². The van der Waals surface area contributed by atoms with Crippen LogP contribution in [0.15, 0.2) is 0 Å². The molecule has 0 aliphatic carbocycles. The molecule has 1 saturated heterocycles. The molecule has 0 radical (unpaired) electrons. The molecular formula is C14H27NO3. The fourth-order valence-corrected chi connectivity index (χ4v) is 3.24. The van der Waals surface area contributed by atoms with Gasteiger partial charge in [0, 0.05) is 5.92 Å². The SMILES string of the molecule is CC1(C)CC(C(CCCCN)C(=O)O)C(C)(C)O1. The molecule has 0 aromatic rings. The molecule has 18 heavy (non-hydrogen) atoms. The van der Waals surface area contributed by atoms with Crippen LogP contribution in [0.5, 0.6) is 0 Å². The van der Waals surface area contributed by atoms with Crippen molar-refractivity contribution in [1.82, 2.24) is 0 Å². The molecule has 1 fully saturated rings. The van der Waals surface area contributed by atoms with E-state index in [0.29, 0.717) is 13.0 Å². The molecule has 4 nitrogen and oxygen atoms in total. The van der Waals surface area contributed by atoms with Gasteiger partial charge in [-0.15, -0.1) is 0 Å². The topological polar surface area (TPSA) is 72.6 Å². The number of ether oxygens (including phenoxy) is 1. The second kappa shape index (κ2) is 5.57. The Bertz CT molecular complexity index is 299. The van der Waals surface area contributed by atoms with Gasteiger partial charge in [-0.25, -0.2) is 0 Å². The lowest BCUT2D eigenvalue weighted by Gasteiger charge is -2.31. The summed E-state index contributed by atoms with van der Waals surface area (Å²) in [5.41, 5.74) is 4.88. The first-order valence-electron chi connectivity index (χ1n) is 6.82. The Morgan fingerprint density at radius 1 is 1.39 bits per heavy atom. The van der Waals surface area contributed by atoms with Crippen LogP contribution in [0.4, 0.5) is 0 Å². The highest BCUT2D eigenvalue weighted by molar-refractivity contribution is 5.70. The van der Waals surface area contributed by atoms with E-state index in [1.54, 1.807) is 0 Å². The monoisotopic (exact) mass is 257 g/mol. The van der Waals surface area contributed by atoms with Gasteiger partial charge in [-0.2, -0.15) is 0 Å². The molecule has 1 aliphatic rings. The van der Waals surface area contributed by atoms with E-state index in [2.05, 4.69) is 0 Å². The van der Waals surface area contributed by atoms with Gasteiger partial charge in [0.05, 0.1) is 17.1 Å². The number of rotatable bonds is 6. The summed E-state index contributed by atoms with van der Waals surface area (Å²) in [6.07, 6.45) is 3.27. The van der Waals surface area contributed by atoms with Crippen molar-refractivity contribution in [3.8, 4) is 0 Å². The molecule has 0 amide bonds. The standard InChI is InChI=1S/C14H27NO3/c1-13(2)9-11(14(3,4)18-13)10(12(16)17)7-5-6-8-15/h10-11H,5-9,15H2,1-4H3,(H,16,17). The Hall–Kier alpha value is -0.610. The number of hydrogen-bond donors (Lipinski definition) is 2. The number of carboxylic acids is 1. The predicted molar refractivity (Wildman–Crippen MR) is 71.4 cm³/mol. The van der Waals surface area contributed by atoms with Crippen molar-refractivity contribution in [3.05, 3.63) is 0 Å². The molecule has 0 bridgehead atoms. The molecule has 2 unspecified atom stereocenters. The Morgan fingerprint density at radius 3 is 2.39 bits per heavy atom. The maximum Gasteiger partial charge on any atom is 0.306 e. The zero-order valence-corrected chi connectivity index (χ0v) is 12.0. The van der Waals surface area contributed by atoms with E-state index in [1.807, 2.05) is 27.7 Å². The number of aliphatic carboxylic acids is 1. The van der Waals surface area contributed by atoms with E-state index in [9.17, 15) is 9.90 Å². The number of carboxylic acid groups (broad SMARTS) is 1. The van der Waals surface area contributed by atoms with Crippen molar-refractivity contribution in [2.45, 2.75) is 64.6 Å². The second-order valence-electron chi connectivity index (χ2n) is 6.51. The number of hydrogen-bond acceptors (Lipinski definition) is 3. The Morgan fingerprint density at radius 2 is 2.00 bits per heavy atom. The molecule has 3 N–H and O–H groups in total. The zero-order chi connectivity index (χ0) is 14.0. The quantitative estimate of drug-likeness (QED) is 0.717. The average molecular weight is 257 g/mol. The molecule has 4 heteroatoms. The lowest BCUT2D eigenvalue weighted by Crippen LogP contribution is -2.36. The second-order valence-corrected chi connectivity index (χ2v) is 6.51. The van der Waals surface area contributed by atoms with Crippen molar-refractivity contribution in [1.29, 1.82) is 0 Å². The fourth-order valence-electron chi connectivity index (χ4n) is 3.24. The zero-order valence-electron chi connectivity index (χ0n) is 12.0. The predicted octanol–water partition coefficient (Wildman–Crippen LogP) is 2.41. The van der Waals surface area contributed by atoms with Gasteiger partial charge in [0.1, 0.15) is 0 Å². The number of carbonyl (C=O) groups is 1. The minimum absolute atomic E-state index is 0.0720. The molecule has 0 aromatic carbocycles. The van der Waals surface area contributed by atoms with Gasteiger partial charge in [-0.1, -0.05) is 6.42 Å². The number of unbranched alkanes of at least 4 members (excludes halogenated alkanes) is 1. The third-order valence-corrected chi connectivity index (χ3v) is 3.92. The van der Waals surface area contributed by atoms with Crippen LogP contribution in [-0.2, 0) is 9.53 Å². The molecule has 106 valence electrons. The largest absolute Gasteiger partial charge is 0.481 e. The summed E-state index contributed by atoms with van der Waals surface area (Å²) < 4.78 is 6.00. The van der Waals surface area contributed by atoms with Gasteiger partial charge in [0.25, 0.3) is 0 Å². The van der Waals surface area contributed by atoms with E-state index in [4.69, 9.17) is 10.5 Å². The van der Waals surface area contributed by atoms with Gasteiger partial charge in [-0.3, -0.25) is 4.79 Å². The summed E-state index contributed by atoms with van der Waals surface area (Å²) in [6.45, 7) is 8.71. The third-order valence-electron chi connectivity index (χ3n) is 3.92. The van der Waals surface area contributed by atoms with Crippen LogP contribution < -0.4 is 5.73 Å². The van der Waals surface area contributed by atoms with Gasteiger partial charge in [0.2, 0.25) is 0 Å². The first-order valence-corrected chi connectivity index (χ1v) is 6.82. The lowest BCUT2D eigenvalue weighted by atomic mass is 9.75. The van der Waals surface area contributed by atoms with Crippen LogP contribution in [0.3, 0.4) is 0 Å². The lowest BCUT2D eigenvalue weighted by molar-refractivity contribution is -0.147. The van der Waals surface area contributed by atoms with E-state index in [-0.39, 0.29) is 23.0 Å². The fraction of sp³-hybridized carbons (Fsp3) is 0.929. The summed E-state index contributed by atoms with van der Waals surface area (Å²) in [5.74, 6) is -0.956. The molecule has 2 atom stereocenters. The molecular weight excluding hydrogens is 230 g/mol.